The number of aromatic amines is 1. The summed E-state index contributed by atoms with van der Waals surface area (Å²) in [4.78, 5) is 20.0. The summed E-state index contributed by atoms with van der Waals surface area (Å²) in [6.07, 6.45) is 5.26. The highest BCUT2D eigenvalue weighted by molar-refractivity contribution is 5.89. The maximum atomic E-state index is 6.23. The second-order valence-electron chi connectivity index (χ2n) is 8.01. The molecule has 5 aromatic heterocycles. The molecule has 35 heavy (non-hydrogen) atoms. The summed E-state index contributed by atoms with van der Waals surface area (Å²) in [5.41, 5.74) is 5.03. The lowest BCUT2D eigenvalue weighted by Crippen LogP contribution is -2.37. The van der Waals surface area contributed by atoms with Gasteiger partial charge in [-0.15, -0.1) is 12.4 Å². The fraction of sp³-hybridized carbons (Fsp3) is 0.208. The lowest BCUT2D eigenvalue weighted by Gasteiger charge is -2.27. The van der Waals surface area contributed by atoms with Gasteiger partial charge in [0.2, 0.25) is 5.95 Å². The SMILES string of the molecule is Cc1cc(-c2cc(Nc3nc(N4CCOCC4)c4oc(-c5ccncc5)cc4n3)[nH]n2)ccn1.Cl. The van der Waals surface area contributed by atoms with E-state index in [1.54, 1.807) is 18.6 Å². The van der Waals surface area contributed by atoms with Gasteiger partial charge in [-0.2, -0.15) is 10.1 Å². The van der Waals surface area contributed by atoms with Crippen LogP contribution in [0.4, 0.5) is 17.6 Å². The maximum Gasteiger partial charge on any atom is 0.231 e. The third-order valence-corrected chi connectivity index (χ3v) is 5.65. The summed E-state index contributed by atoms with van der Waals surface area (Å²) in [7, 11) is 0. The molecule has 1 aliphatic heterocycles. The highest BCUT2D eigenvalue weighted by atomic mass is 35.5. The van der Waals surface area contributed by atoms with E-state index in [2.05, 4.69) is 30.4 Å². The van der Waals surface area contributed by atoms with Crippen LogP contribution in [0, 0.1) is 6.92 Å². The average molecular weight is 491 g/mol. The van der Waals surface area contributed by atoms with Crippen molar-refractivity contribution in [3.05, 3.63) is 60.7 Å². The first-order chi connectivity index (χ1) is 16.7. The quantitative estimate of drug-likeness (QED) is 0.370. The van der Waals surface area contributed by atoms with Gasteiger partial charge in [0.25, 0.3) is 0 Å². The Morgan fingerprint density at radius 2 is 1.77 bits per heavy atom. The molecule has 0 atom stereocenters. The number of ether oxygens (including phenoxy) is 1. The first-order valence-corrected chi connectivity index (χ1v) is 11.0. The summed E-state index contributed by atoms with van der Waals surface area (Å²) in [6.45, 7) is 4.69. The van der Waals surface area contributed by atoms with E-state index in [0.29, 0.717) is 30.6 Å². The van der Waals surface area contributed by atoms with E-state index in [0.717, 1.165) is 52.7 Å². The molecule has 5 aromatic rings. The van der Waals surface area contributed by atoms with Crippen molar-refractivity contribution in [1.29, 1.82) is 0 Å². The highest BCUT2D eigenvalue weighted by Crippen LogP contribution is 2.33. The van der Waals surface area contributed by atoms with E-state index >= 15 is 0 Å². The van der Waals surface area contributed by atoms with Gasteiger partial charge < -0.3 is 19.4 Å². The molecule has 0 amide bonds. The summed E-state index contributed by atoms with van der Waals surface area (Å²) in [5, 5.41) is 10.7. The Kier molecular flexibility index (Phi) is 6.30. The normalized spacial score (nSPS) is 13.6. The Morgan fingerprint density at radius 1 is 0.971 bits per heavy atom. The fourth-order valence-corrected chi connectivity index (χ4v) is 3.98. The van der Waals surface area contributed by atoms with E-state index in [1.165, 1.54) is 0 Å². The lowest BCUT2D eigenvalue weighted by atomic mass is 10.2. The average Bonchev–Trinajstić information content (AvgIpc) is 3.52. The number of anilines is 3. The molecular formula is C24H23ClN8O2. The van der Waals surface area contributed by atoms with Gasteiger partial charge in [-0.25, -0.2) is 4.98 Å². The number of nitrogens with one attached hydrogen (secondary N) is 2. The number of aryl methyl sites for hydroxylation is 1. The van der Waals surface area contributed by atoms with Crippen LogP contribution in [0.1, 0.15) is 5.69 Å². The zero-order valence-corrected chi connectivity index (χ0v) is 19.7. The minimum atomic E-state index is 0. The summed E-state index contributed by atoms with van der Waals surface area (Å²) in [6, 6.07) is 11.6. The molecular weight excluding hydrogens is 468 g/mol. The first kappa shape index (κ1) is 22.8. The number of hydrogen-bond donors (Lipinski definition) is 2. The van der Waals surface area contributed by atoms with Crippen LogP contribution in [-0.2, 0) is 4.74 Å². The van der Waals surface area contributed by atoms with Crippen molar-refractivity contribution in [2.24, 2.45) is 0 Å². The predicted molar refractivity (Wildman–Crippen MR) is 135 cm³/mol. The standard InChI is InChI=1S/C24H22N8O2.ClH/c1-15-12-17(4-7-26-15)18-14-21(31-30-18)28-24-27-19-13-20(16-2-5-25-6-3-16)34-22(19)23(29-24)32-8-10-33-11-9-32;/h2-7,12-14H,8-11H2,1H3,(H2,27,28,29,30,31);1H. The van der Waals surface area contributed by atoms with Crippen molar-refractivity contribution in [2.45, 2.75) is 6.92 Å². The fourth-order valence-electron chi connectivity index (χ4n) is 3.98. The molecule has 0 unspecified atom stereocenters. The topological polar surface area (TPSA) is 118 Å². The number of morpholine rings is 1. The number of fused-ring (bicyclic) bond motifs is 1. The van der Waals surface area contributed by atoms with Crippen LogP contribution in [0.5, 0.6) is 0 Å². The Labute approximate surface area is 207 Å². The lowest BCUT2D eigenvalue weighted by molar-refractivity contribution is 0.122. The van der Waals surface area contributed by atoms with E-state index < -0.39 is 0 Å². The molecule has 1 saturated heterocycles. The number of rotatable bonds is 5. The van der Waals surface area contributed by atoms with Crippen molar-refractivity contribution in [3.63, 3.8) is 0 Å². The van der Waals surface area contributed by atoms with Gasteiger partial charge in [0.1, 0.15) is 17.1 Å². The molecule has 1 fully saturated rings. The van der Waals surface area contributed by atoms with E-state index in [9.17, 15) is 0 Å². The van der Waals surface area contributed by atoms with Crippen molar-refractivity contribution in [2.75, 3.05) is 36.5 Å². The minimum absolute atomic E-state index is 0. The summed E-state index contributed by atoms with van der Waals surface area (Å²) >= 11 is 0. The molecule has 0 spiro atoms. The molecule has 0 radical (unpaired) electrons. The third kappa shape index (κ3) is 4.66. The highest BCUT2D eigenvalue weighted by Gasteiger charge is 2.21. The van der Waals surface area contributed by atoms with Crippen LogP contribution >= 0.6 is 12.4 Å². The van der Waals surface area contributed by atoms with Crippen LogP contribution in [0.3, 0.4) is 0 Å². The molecule has 10 nitrogen and oxygen atoms in total. The second kappa shape index (κ2) is 9.69. The number of aromatic nitrogens is 6. The number of pyridine rings is 2. The first-order valence-electron chi connectivity index (χ1n) is 11.0. The molecule has 11 heteroatoms. The molecule has 0 bridgehead atoms. The van der Waals surface area contributed by atoms with Gasteiger partial charge in [0, 0.05) is 60.6 Å². The molecule has 6 heterocycles. The van der Waals surface area contributed by atoms with Crippen molar-refractivity contribution < 1.29 is 9.15 Å². The number of furan rings is 1. The Morgan fingerprint density at radius 3 is 2.57 bits per heavy atom. The number of nitrogens with zero attached hydrogens (tertiary/aromatic N) is 6. The second-order valence-corrected chi connectivity index (χ2v) is 8.01. The number of halogens is 1. The Balaban J connectivity index is 0.00000253. The van der Waals surface area contributed by atoms with Gasteiger partial charge in [-0.05, 0) is 31.2 Å². The zero-order chi connectivity index (χ0) is 22.9. The van der Waals surface area contributed by atoms with Crippen molar-refractivity contribution >= 4 is 41.1 Å². The minimum Gasteiger partial charge on any atom is -0.450 e. The van der Waals surface area contributed by atoms with Gasteiger partial charge in [0.15, 0.2) is 11.4 Å². The Bertz CT molecular complexity index is 1450. The van der Waals surface area contributed by atoms with Crippen molar-refractivity contribution in [3.8, 4) is 22.6 Å². The van der Waals surface area contributed by atoms with Gasteiger partial charge in [-0.3, -0.25) is 15.1 Å². The maximum absolute atomic E-state index is 6.23. The van der Waals surface area contributed by atoms with Crippen LogP contribution < -0.4 is 10.2 Å². The van der Waals surface area contributed by atoms with Gasteiger partial charge in [-0.1, -0.05) is 0 Å². The Hall–Kier alpha value is -4.02. The van der Waals surface area contributed by atoms with Crippen molar-refractivity contribution in [1.82, 2.24) is 30.1 Å². The monoisotopic (exact) mass is 490 g/mol. The van der Waals surface area contributed by atoms with Crippen LogP contribution in [0.25, 0.3) is 33.7 Å². The molecule has 0 saturated carbocycles. The summed E-state index contributed by atoms with van der Waals surface area (Å²) in [5.74, 6) is 2.60. The number of H-pyrrole nitrogens is 1. The van der Waals surface area contributed by atoms with Crippen LogP contribution in [0.2, 0.25) is 0 Å². The molecule has 2 N–H and O–H groups in total. The molecule has 178 valence electrons. The predicted octanol–water partition coefficient (Wildman–Crippen LogP) is 4.38. The largest absolute Gasteiger partial charge is 0.450 e. The van der Waals surface area contributed by atoms with Gasteiger partial charge >= 0.3 is 0 Å². The molecule has 1 aliphatic rings. The smallest absolute Gasteiger partial charge is 0.231 e. The molecule has 0 aromatic carbocycles. The van der Waals surface area contributed by atoms with E-state index in [-0.39, 0.29) is 12.4 Å². The van der Waals surface area contributed by atoms with Gasteiger partial charge in [0.05, 0.1) is 18.9 Å². The molecule has 6 rings (SSSR count). The third-order valence-electron chi connectivity index (χ3n) is 5.65. The summed E-state index contributed by atoms with van der Waals surface area (Å²) < 4.78 is 11.8. The van der Waals surface area contributed by atoms with Crippen LogP contribution in [-0.4, -0.2) is 56.4 Å². The number of hydrogen-bond acceptors (Lipinski definition) is 9. The zero-order valence-electron chi connectivity index (χ0n) is 18.9. The van der Waals surface area contributed by atoms with E-state index in [1.807, 2.05) is 43.3 Å². The van der Waals surface area contributed by atoms with Crippen LogP contribution in [0.15, 0.2) is 59.4 Å². The van der Waals surface area contributed by atoms with E-state index in [4.69, 9.17) is 19.1 Å². The molecule has 0 aliphatic carbocycles.